The summed E-state index contributed by atoms with van der Waals surface area (Å²) in [7, 11) is 3.35. The Hall–Kier alpha value is -4.14. The van der Waals surface area contributed by atoms with E-state index in [4.69, 9.17) is 24.2 Å². The zero-order valence-electron chi connectivity index (χ0n) is 24.9. The van der Waals surface area contributed by atoms with Crippen molar-refractivity contribution in [2.45, 2.75) is 64.8 Å². The third-order valence-electron chi connectivity index (χ3n) is 7.63. The van der Waals surface area contributed by atoms with Crippen LogP contribution in [0.4, 0.5) is 11.4 Å². The molecule has 2 aromatic carbocycles. The molecule has 222 valence electrons. The summed E-state index contributed by atoms with van der Waals surface area (Å²) < 4.78 is 18.1. The van der Waals surface area contributed by atoms with E-state index in [0.717, 1.165) is 90.4 Å². The number of aryl methyl sites for hydroxylation is 1. The Balaban J connectivity index is 1.25. The summed E-state index contributed by atoms with van der Waals surface area (Å²) in [6, 6.07) is 12.3. The number of benzene rings is 2. The second kappa shape index (κ2) is 14.2. The summed E-state index contributed by atoms with van der Waals surface area (Å²) in [5.74, 6) is 2.10. The van der Waals surface area contributed by atoms with Gasteiger partial charge in [-0.2, -0.15) is 5.10 Å². The number of aromatic nitrogens is 4. The molecule has 0 saturated heterocycles. The summed E-state index contributed by atoms with van der Waals surface area (Å²) >= 11 is 0. The molecule has 5 rings (SSSR count). The number of rotatable bonds is 16. The highest BCUT2D eigenvalue weighted by atomic mass is 16.5. The maximum atomic E-state index is 11.4. The monoisotopic (exact) mass is 571 g/mol. The molecule has 2 aromatic heterocycles. The van der Waals surface area contributed by atoms with Gasteiger partial charge in [0.2, 0.25) is 0 Å². The summed E-state index contributed by atoms with van der Waals surface area (Å²) in [5, 5.41) is 4.56. The average molecular weight is 572 g/mol. The average Bonchev–Trinajstić information content (AvgIpc) is 3.72. The first kappa shape index (κ1) is 29.4. The van der Waals surface area contributed by atoms with Crippen LogP contribution in [0.3, 0.4) is 0 Å². The van der Waals surface area contributed by atoms with Crippen LogP contribution in [0.15, 0.2) is 55.0 Å². The first-order chi connectivity index (χ1) is 20.6. The third kappa shape index (κ3) is 7.78. The van der Waals surface area contributed by atoms with Gasteiger partial charge < -0.3 is 19.1 Å². The number of hydrogen-bond donors (Lipinski definition) is 0. The molecule has 1 saturated carbocycles. The number of anilines is 2. The van der Waals surface area contributed by atoms with Crippen molar-refractivity contribution in [3.63, 3.8) is 0 Å². The van der Waals surface area contributed by atoms with Gasteiger partial charge in [-0.3, -0.25) is 14.5 Å². The second-order valence-electron chi connectivity index (χ2n) is 10.9. The summed E-state index contributed by atoms with van der Waals surface area (Å²) in [6.07, 6.45) is 13.9. The Morgan fingerprint density at radius 3 is 2.43 bits per heavy atom. The van der Waals surface area contributed by atoms with Gasteiger partial charge in [0.25, 0.3) is 0 Å². The molecule has 0 N–H and O–H groups in total. The van der Waals surface area contributed by atoms with Crippen molar-refractivity contribution in [1.82, 2.24) is 19.7 Å². The van der Waals surface area contributed by atoms with Gasteiger partial charge >= 0.3 is 5.97 Å². The fraction of sp³-hybridized carbons (Fsp3) is 0.455. The molecule has 0 atom stereocenters. The molecular formula is C33H41N5O4. The van der Waals surface area contributed by atoms with Gasteiger partial charge in [-0.05, 0) is 56.7 Å². The van der Waals surface area contributed by atoms with Crippen LogP contribution in [0.1, 0.15) is 58.3 Å². The predicted octanol–water partition coefficient (Wildman–Crippen LogP) is 6.96. The van der Waals surface area contributed by atoms with Crippen molar-refractivity contribution in [3.05, 3.63) is 55.0 Å². The van der Waals surface area contributed by atoms with E-state index >= 15 is 0 Å². The lowest BCUT2D eigenvalue weighted by Gasteiger charge is -2.26. The molecule has 1 aliphatic rings. The van der Waals surface area contributed by atoms with Gasteiger partial charge in [0, 0.05) is 60.8 Å². The van der Waals surface area contributed by atoms with Crippen LogP contribution in [-0.2, 0) is 16.1 Å². The molecule has 1 fully saturated rings. The van der Waals surface area contributed by atoms with Crippen LogP contribution in [0, 0.1) is 5.92 Å². The van der Waals surface area contributed by atoms with E-state index in [1.807, 2.05) is 42.3 Å². The number of fused-ring (bicyclic) bond motifs is 1. The number of esters is 1. The van der Waals surface area contributed by atoms with Crippen LogP contribution in [0.25, 0.3) is 22.3 Å². The number of methoxy groups -OCH3 is 2. The minimum atomic E-state index is -0.0947. The number of carbonyl (C=O) groups is 1. The molecule has 4 aromatic rings. The van der Waals surface area contributed by atoms with Crippen LogP contribution in [-0.4, -0.2) is 53.1 Å². The summed E-state index contributed by atoms with van der Waals surface area (Å²) in [6.45, 7) is 4.07. The predicted molar refractivity (Wildman–Crippen MR) is 164 cm³/mol. The highest BCUT2D eigenvalue weighted by Gasteiger charge is 2.26. The third-order valence-corrected chi connectivity index (χ3v) is 7.63. The van der Waals surface area contributed by atoms with Gasteiger partial charge in [0.1, 0.15) is 11.5 Å². The van der Waals surface area contributed by atoms with E-state index in [1.54, 1.807) is 14.2 Å². The maximum absolute atomic E-state index is 11.4. The molecule has 2 heterocycles. The number of ether oxygens (including phenoxy) is 3. The number of hydrogen-bond acceptors (Lipinski definition) is 8. The van der Waals surface area contributed by atoms with Crippen molar-refractivity contribution in [2.75, 3.05) is 32.3 Å². The largest absolute Gasteiger partial charge is 0.497 e. The molecule has 1 aliphatic carbocycles. The smallest absolute Gasteiger partial charge is 0.305 e. The minimum Gasteiger partial charge on any atom is -0.497 e. The standard InChI is InChI=1S/C33H41N5O4/c1-4-42-33(39)10-8-6-5-7-9-15-37-23-25(20-35-37)32-21-34-30-14-13-26(18-31(30)36-32)38(22-24-11-12-24)27-16-28(40-2)19-29(17-27)41-3/h13-14,16-21,23-24H,4-12,15,22H2,1-3H3. The fourth-order valence-electron chi connectivity index (χ4n) is 5.10. The second-order valence-corrected chi connectivity index (χ2v) is 10.9. The van der Waals surface area contributed by atoms with E-state index in [0.29, 0.717) is 18.9 Å². The highest BCUT2D eigenvalue weighted by molar-refractivity contribution is 5.82. The quantitative estimate of drug-likeness (QED) is 0.105. The molecule has 0 spiro atoms. The number of unbranched alkanes of at least 4 members (excludes halogenated alkanes) is 4. The van der Waals surface area contributed by atoms with Gasteiger partial charge in [0.05, 0.1) is 49.9 Å². The molecule has 0 amide bonds. The number of nitrogens with zero attached hydrogens (tertiary/aromatic N) is 5. The molecule has 0 aliphatic heterocycles. The topological polar surface area (TPSA) is 91.6 Å². The van der Waals surface area contributed by atoms with Gasteiger partial charge in [-0.25, -0.2) is 4.98 Å². The lowest BCUT2D eigenvalue weighted by Crippen LogP contribution is -2.20. The zero-order valence-corrected chi connectivity index (χ0v) is 24.9. The lowest BCUT2D eigenvalue weighted by molar-refractivity contribution is -0.143. The maximum Gasteiger partial charge on any atom is 0.305 e. The van der Waals surface area contributed by atoms with E-state index in [2.05, 4.69) is 34.3 Å². The van der Waals surface area contributed by atoms with Crippen molar-refractivity contribution >= 4 is 28.4 Å². The van der Waals surface area contributed by atoms with Crippen LogP contribution in [0.2, 0.25) is 0 Å². The van der Waals surface area contributed by atoms with E-state index in [-0.39, 0.29) is 5.97 Å². The molecule has 0 unspecified atom stereocenters. The van der Waals surface area contributed by atoms with Crippen LogP contribution >= 0.6 is 0 Å². The summed E-state index contributed by atoms with van der Waals surface area (Å²) in [4.78, 5) is 23.5. The Labute approximate surface area is 247 Å². The number of carbonyl (C=O) groups excluding carboxylic acids is 1. The zero-order chi connectivity index (χ0) is 29.3. The summed E-state index contributed by atoms with van der Waals surface area (Å²) in [5.41, 5.74) is 5.55. The first-order valence-electron chi connectivity index (χ1n) is 15.0. The van der Waals surface area contributed by atoms with Gasteiger partial charge in [-0.15, -0.1) is 0 Å². The van der Waals surface area contributed by atoms with E-state index in [9.17, 15) is 4.79 Å². The van der Waals surface area contributed by atoms with E-state index in [1.165, 1.54) is 12.8 Å². The molecule has 9 heteroatoms. The highest BCUT2D eigenvalue weighted by Crippen LogP contribution is 2.38. The Morgan fingerprint density at radius 1 is 0.929 bits per heavy atom. The Morgan fingerprint density at radius 2 is 1.69 bits per heavy atom. The minimum absolute atomic E-state index is 0.0947. The van der Waals surface area contributed by atoms with E-state index < -0.39 is 0 Å². The van der Waals surface area contributed by atoms with Crippen LogP contribution < -0.4 is 14.4 Å². The van der Waals surface area contributed by atoms with Crippen molar-refractivity contribution in [1.29, 1.82) is 0 Å². The fourth-order valence-corrected chi connectivity index (χ4v) is 5.10. The van der Waals surface area contributed by atoms with Crippen molar-refractivity contribution in [3.8, 4) is 22.8 Å². The SMILES string of the molecule is CCOC(=O)CCCCCCCn1cc(-c2cnc3ccc(N(CC4CC4)c4cc(OC)cc(OC)c4)cc3n2)cn1. The molecular weight excluding hydrogens is 530 g/mol. The van der Waals surface area contributed by atoms with Gasteiger partial charge in [0.15, 0.2) is 0 Å². The van der Waals surface area contributed by atoms with Gasteiger partial charge in [-0.1, -0.05) is 19.3 Å². The first-order valence-corrected chi connectivity index (χ1v) is 15.0. The molecule has 0 radical (unpaired) electrons. The normalized spacial score (nSPS) is 12.8. The molecule has 0 bridgehead atoms. The Bertz CT molecular complexity index is 1460. The molecule has 42 heavy (non-hydrogen) atoms. The van der Waals surface area contributed by atoms with Crippen molar-refractivity contribution in [2.24, 2.45) is 5.92 Å². The molecule has 9 nitrogen and oxygen atoms in total. The van der Waals surface area contributed by atoms with Crippen molar-refractivity contribution < 1.29 is 19.0 Å². The lowest BCUT2D eigenvalue weighted by atomic mass is 10.1. The Kier molecular flexibility index (Phi) is 9.90. The van der Waals surface area contributed by atoms with Crippen LogP contribution in [0.5, 0.6) is 11.5 Å².